The van der Waals surface area contributed by atoms with Crippen molar-refractivity contribution in [3.05, 3.63) is 53.9 Å². The number of hydrogen-bond donors (Lipinski definition) is 1. The average molecular weight is 366 g/mol. The lowest BCUT2D eigenvalue weighted by Gasteiger charge is -2.50. The van der Waals surface area contributed by atoms with E-state index in [9.17, 15) is 18.0 Å². The number of nitrogens with one attached hydrogen (secondary N) is 1. The zero-order valence-corrected chi connectivity index (χ0v) is 14.5. The molecule has 0 radical (unpaired) electrons. The first-order valence-corrected chi connectivity index (χ1v) is 8.48. The molecule has 0 saturated carbocycles. The maximum atomic E-state index is 12.3. The molecule has 0 aliphatic carbocycles. The highest BCUT2D eigenvalue weighted by molar-refractivity contribution is 5.75. The third-order valence-electron chi connectivity index (χ3n) is 4.81. The Morgan fingerprint density at radius 1 is 1.27 bits per heavy atom. The normalized spacial score (nSPS) is 16.2. The predicted molar refractivity (Wildman–Crippen MR) is 90.5 cm³/mol. The summed E-state index contributed by atoms with van der Waals surface area (Å²) in [4.78, 5) is 14.0. The molecule has 8 heteroatoms. The van der Waals surface area contributed by atoms with Gasteiger partial charge < -0.3 is 10.2 Å². The Labute approximate surface area is 149 Å². The average Bonchev–Trinajstić information content (AvgIpc) is 2.99. The van der Waals surface area contributed by atoms with Gasteiger partial charge in [0.05, 0.1) is 6.20 Å². The minimum absolute atomic E-state index is 0.0177. The first kappa shape index (κ1) is 18.3. The van der Waals surface area contributed by atoms with E-state index in [1.807, 2.05) is 18.2 Å². The number of hydrogen-bond acceptors (Lipinski definition) is 2. The molecule has 0 spiro atoms. The number of benzene rings is 1. The minimum atomic E-state index is -4.31. The second kappa shape index (κ2) is 7.01. The maximum Gasteiger partial charge on any atom is 0.408 e. The zero-order chi connectivity index (χ0) is 18.8. The van der Waals surface area contributed by atoms with Crippen molar-refractivity contribution >= 4 is 6.03 Å². The van der Waals surface area contributed by atoms with E-state index in [1.54, 1.807) is 4.90 Å². The van der Waals surface area contributed by atoms with Crippen LogP contribution >= 0.6 is 0 Å². The lowest BCUT2D eigenvalue weighted by Crippen LogP contribution is -2.62. The lowest BCUT2D eigenvalue weighted by molar-refractivity contribution is -0.142. The van der Waals surface area contributed by atoms with Gasteiger partial charge in [-0.2, -0.15) is 18.3 Å². The fourth-order valence-electron chi connectivity index (χ4n) is 3.29. The molecule has 2 heterocycles. The van der Waals surface area contributed by atoms with Crippen molar-refractivity contribution in [1.82, 2.24) is 20.0 Å². The standard InChI is InChI=1S/C18H21F3N4O/c1-2-17(15-6-4-3-5-7-15)11-24(12-17)16(26)22-8-14-9-23-25(10-14)13-18(19,20)21/h3-7,9-10H,2,8,11-13H2,1H3,(H,22,26). The number of carbonyl (C=O) groups is 1. The van der Waals surface area contributed by atoms with E-state index >= 15 is 0 Å². The van der Waals surface area contributed by atoms with Crippen LogP contribution < -0.4 is 5.32 Å². The summed E-state index contributed by atoms with van der Waals surface area (Å²) >= 11 is 0. The summed E-state index contributed by atoms with van der Waals surface area (Å²) in [6, 6.07) is 9.90. The van der Waals surface area contributed by atoms with Gasteiger partial charge in [-0.15, -0.1) is 0 Å². The Hall–Kier alpha value is -2.51. The number of aromatic nitrogens is 2. The van der Waals surface area contributed by atoms with Crippen molar-refractivity contribution in [2.24, 2.45) is 0 Å². The number of nitrogens with zero attached hydrogens (tertiary/aromatic N) is 3. The Bertz CT molecular complexity index is 751. The summed E-state index contributed by atoms with van der Waals surface area (Å²) < 4.78 is 37.8. The Morgan fingerprint density at radius 3 is 2.58 bits per heavy atom. The molecule has 1 aromatic heterocycles. The van der Waals surface area contributed by atoms with Crippen LogP contribution in [0.25, 0.3) is 0 Å². The molecule has 1 aromatic carbocycles. The van der Waals surface area contributed by atoms with Crippen LogP contribution in [-0.4, -0.2) is 40.0 Å². The van der Waals surface area contributed by atoms with Crippen molar-refractivity contribution in [3.8, 4) is 0 Å². The number of urea groups is 1. The van der Waals surface area contributed by atoms with Crippen molar-refractivity contribution in [3.63, 3.8) is 0 Å². The number of rotatable bonds is 5. The highest BCUT2D eigenvalue weighted by Crippen LogP contribution is 2.37. The summed E-state index contributed by atoms with van der Waals surface area (Å²) in [5.41, 5.74) is 1.74. The summed E-state index contributed by atoms with van der Waals surface area (Å²) in [5.74, 6) is 0. The lowest BCUT2D eigenvalue weighted by atomic mass is 9.72. The van der Waals surface area contributed by atoms with Crippen molar-refractivity contribution in [2.45, 2.75) is 38.0 Å². The summed E-state index contributed by atoms with van der Waals surface area (Å²) in [6.45, 7) is 2.39. The van der Waals surface area contributed by atoms with E-state index < -0.39 is 12.7 Å². The van der Waals surface area contributed by atoms with E-state index in [4.69, 9.17) is 0 Å². The van der Waals surface area contributed by atoms with E-state index in [-0.39, 0.29) is 18.0 Å². The number of carbonyl (C=O) groups excluding carboxylic acids is 1. The fraction of sp³-hybridized carbons (Fsp3) is 0.444. The molecule has 26 heavy (non-hydrogen) atoms. The molecule has 1 aliphatic heterocycles. The van der Waals surface area contributed by atoms with Crippen LogP contribution in [0.5, 0.6) is 0 Å². The first-order chi connectivity index (χ1) is 12.3. The Balaban J connectivity index is 1.51. The van der Waals surface area contributed by atoms with Crippen molar-refractivity contribution in [1.29, 1.82) is 0 Å². The monoisotopic (exact) mass is 366 g/mol. The van der Waals surface area contributed by atoms with Gasteiger partial charge in [0.15, 0.2) is 0 Å². The molecule has 0 atom stereocenters. The molecule has 140 valence electrons. The van der Waals surface area contributed by atoms with Crippen LogP contribution in [0.4, 0.5) is 18.0 Å². The van der Waals surface area contributed by atoms with Crippen LogP contribution in [-0.2, 0) is 18.5 Å². The Morgan fingerprint density at radius 2 is 1.96 bits per heavy atom. The first-order valence-electron chi connectivity index (χ1n) is 8.48. The van der Waals surface area contributed by atoms with Crippen LogP contribution in [0.3, 0.4) is 0 Å². The number of amides is 2. The molecule has 1 aliphatic rings. The largest absolute Gasteiger partial charge is 0.408 e. The van der Waals surface area contributed by atoms with Gasteiger partial charge in [-0.3, -0.25) is 4.68 Å². The minimum Gasteiger partial charge on any atom is -0.334 e. The van der Waals surface area contributed by atoms with Gasteiger partial charge in [-0.1, -0.05) is 37.3 Å². The smallest absolute Gasteiger partial charge is 0.334 e. The van der Waals surface area contributed by atoms with Gasteiger partial charge in [0.2, 0.25) is 0 Å². The molecule has 0 unspecified atom stereocenters. The predicted octanol–water partition coefficient (Wildman–Crippen LogP) is 3.32. The SMILES string of the molecule is CCC1(c2ccccc2)CN(C(=O)NCc2cnn(CC(F)(F)F)c2)C1. The third-order valence-corrected chi connectivity index (χ3v) is 4.81. The molecule has 1 fully saturated rings. The van der Waals surface area contributed by atoms with Crippen molar-refractivity contribution < 1.29 is 18.0 Å². The number of likely N-dealkylation sites (tertiary alicyclic amines) is 1. The number of alkyl halides is 3. The van der Waals surface area contributed by atoms with E-state index in [0.717, 1.165) is 11.1 Å². The molecule has 2 aromatic rings. The highest BCUT2D eigenvalue weighted by atomic mass is 19.4. The van der Waals surface area contributed by atoms with Gasteiger partial charge in [-0.25, -0.2) is 4.79 Å². The van der Waals surface area contributed by atoms with E-state index in [1.165, 1.54) is 18.0 Å². The van der Waals surface area contributed by atoms with Gasteiger partial charge in [0.1, 0.15) is 6.54 Å². The second-order valence-electron chi connectivity index (χ2n) is 6.68. The van der Waals surface area contributed by atoms with Crippen LogP contribution in [0.2, 0.25) is 0 Å². The van der Waals surface area contributed by atoms with Gasteiger partial charge in [0.25, 0.3) is 0 Å². The molecule has 2 amide bonds. The summed E-state index contributed by atoms with van der Waals surface area (Å²) in [7, 11) is 0. The van der Waals surface area contributed by atoms with Gasteiger partial charge in [0, 0.05) is 36.8 Å². The van der Waals surface area contributed by atoms with Crippen molar-refractivity contribution in [2.75, 3.05) is 13.1 Å². The zero-order valence-electron chi connectivity index (χ0n) is 14.5. The molecule has 3 rings (SSSR count). The molecule has 5 nitrogen and oxygen atoms in total. The summed E-state index contributed by atoms with van der Waals surface area (Å²) in [6.07, 6.45) is -0.747. The highest BCUT2D eigenvalue weighted by Gasteiger charge is 2.44. The van der Waals surface area contributed by atoms with Crippen LogP contribution in [0, 0.1) is 0 Å². The van der Waals surface area contributed by atoms with E-state index in [2.05, 4.69) is 29.5 Å². The molecule has 1 N–H and O–H groups in total. The maximum absolute atomic E-state index is 12.3. The second-order valence-corrected chi connectivity index (χ2v) is 6.68. The topological polar surface area (TPSA) is 50.2 Å². The fourth-order valence-corrected chi connectivity index (χ4v) is 3.29. The molecule has 1 saturated heterocycles. The third kappa shape index (κ3) is 4.00. The summed E-state index contributed by atoms with van der Waals surface area (Å²) in [5, 5.41) is 6.41. The Kier molecular flexibility index (Phi) is 4.93. The molecule has 0 bridgehead atoms. The molecular weight excluding hydrogens is 345 g/mol. The van der Waals surface area contributed by atoms with E-state index in [0.29, 0.717) is 18.7 Å². The van der Waals surface area contributed by atoms with Gasteiger partial charge in [-0.05, 0) is 12.0 Å². The quantitative estimate of drug-likeness (QED) is 0.883. The van der Waals surface area contributed by atoms with Crippen LogP contribution in [0.1, 0.15) is 24.5 Å². The van der Waals surface area contributed by atoms with Gasteiger partial charge >= 0.3 is 12.2 Å². The number of halogens is 3. The molecular formula is C18H21F3N4O. The van der Waals surface area contributed by atoms with Crippen LogP contribution in [0.15, 0.2) is 42.7 Å².